The van der Waals surface area contributed by atoms with Gasteiger partial charge in [-0.3, -0.25) is 0 Å². The van der Waals surface area contributed by atoms with Crippen LogP contribution in [0.2, 0.25) is 0 Å². The molecular formula is C8H12O7. The zero-order valence-electron chi connectivity index (χ0n) is 8.30. The van der Waals surface area contributed by atoms with E-state index in [4.69, 9.17) is 10.2 Å². The fourth-order valence-corrected chi connectivity index (χ4v) is 0.571. The summed E-state index contributed by atoms with van der Waals surface area (Å²) in [5.41, 5.74) is 0. The van der Waals surface area contributed by atoms with E-state index in [9.17, 15) is 14.4 Å². The molecule has 0 unspecified atom stereocenters. The lowest BCUT2D eigenvalue weighted by atomic mass is 10.4. The number of ether oxygens (including phenoxy) is 2. The first-order valence-electron chi connectivity index (χ1n) is 4.11. The fraction of sp³-hybridized carbons (Fsp3) is 0.625. The second kappa shape index (κ2) is 5.97. The third kappa shape index (κ3) is 5.63. The van der Waals surface area contributed by atoms with E-state index in [0.29, 0.717) is 0 Å². The summed E-state index contributed by atoms with van der Waals surface area (Å²) < 4.78 is 8.70. The molecule has 0 aliphatic heterocycles. The summed E-state index contributed by atoms with van der Waals surface area (Å²) >= 11 is 0. The topological polar surface area (TPSA) is 110 Å². The minimum atomic E-state index is -1.35. The lowest BCUT2D eigenvalue weighted by Gasteiger charge is -2.12. The molecule has 86 valence electrons. The molecule has 15 heavy (non-hydrogen) atoms. The van der Waals surface area contributed by atoms with E-state index in [2.05, 4.69) is 9.47 Å². The molecule has 7 nitrogen and oxygen atoms in total. The van der Waals surface area contributed by atoms with Gasteiger partial charge in [0.05, 0.1) is 0 Å². The van der Waals surface area contributed by atoms with Crippen molar-refractivity contribution in [2.24, 2.45) is 0 Å². The highest BCUT2D eigenvalue weighted by Gasteiger charge is 2.22. The maximum Gasteiger partial charge on any atom is 0.347 e. The molecule has 2 N–H and O–H groups in total. The lowest BCUT2D eigenvalue weighted by molar-refractivity contribution is -0.173. The summed E-state index contributed by atoms with van der Waals surface area (Å²) in [4.78, 5) is 31.8. The molecule has 0 fully saturated rings. The van der Waals surface area contributed by atoms with Crippen LogP contribution >= 0.6 is 0 Å². The minimum absolute atomic E-state index is 0.796. The highest BCUT2D eigenvalue weighted by molar-refractivity contribution is 5.82. The standard InChI is InChI=1S/C8H12O7/c1-4(9)7(12)15-5(2)8(13)14-3-6(10)11/h4-5,9H,3H2,1-2H3,(H,10,11)/t4-,5-/m0/s1. The third-order valence-corrected chi connectivity index (χ3v) is 1.30. The van der Waals surface area contributed by atoms with Crippen LogP contribution in [0.5, 0.6) is 0 Å². The maximum absolute atomic E-state index is 11.0. The predicted molar refractivity (Wildman–Crippen MR) is 45.8 cm³/mol. The second-order valence-electron chi connectivity index (χ2n) is 2.76. The number of aliphatic hydroxyl groups is 1. The van der Waals surface area contributed by atoms with Gasteiger partial charge in [0.15, 0.2) is 12.7 Å². The van der Waals surface area contributed by atoms with Crippen molar-refractivity contribution >= 4 is 17.9 Å². The second-order valence-corrected chi connectivity index (χ2v) is 2.76. The highest BCUT2D eigenvalue weighted by atomic mass is 16.6. The number of rotatable bonds is 5. The number of carboxylic acids is 1. The Balaban J connectivity index is 3.99. The molecule has 0 aliphatic carbocycles. The maximum atomic E-state index is 11.0. The van der Waals surface area contributed by atoms with Crippen molar-refractivity contribution in [2.45, 2.75) is 26.1 Å². The molecule has 0 heterocycles. The van der Waals surface area contributed by atoms with Gasteiger partial charge in [0, 0.05) is 0 Å². The average Bonchev–Trinajstić information content (AvgIpc) is 2.13. The van der Waals surface area contributed by atoms with Crippen molar-refractivity contribution in [3.05, 3.63) is 0 Å². The molecular weight excluding hydrogens is 208 g/mol. The number of carbonyl (C=O) groups is 3. The molecule has 7 heteroatoms. The van der Waals surface area contributed by atoms with Crippen LogP contribution in [0.15, 0.2) is 0 Å². The SMILES string of the molecule is C[C@H](O)C(=O)O[C@@H](C)C(=O)OCC(=O)O. The number of aliphatic carboxylic acids is 1. The zero-order valence-corrected chi connectivity index (χ0v) is 8.30. The molecule has 0 amide bonds. The Morgan fingerprint density at radius 3 is 2.13 bits per heavy atom. The summed E-state index contributed by atoms with van der Waals surface area (Å²) in [6.07, 6.45) is -2.59. The summed E-state index contributed by atoms with van der Waals surface area (Å²) in [5.74, 6) is -3.27. The first-order valence-corrected chi connectivity index (χ1v) is 4.11. The molecule has 0 bridgehead atoms. The van der Waals surface area contributed by atoms with Crippen LogP contribution in [-0.4, -0.2) is 46.9 Å². The highest BCUT2D eigenvalue weighted by Crippen LogP contribution is 1.98. The van der Waals surface area contributed by atoms with Crippen molar-refractivity contribution < 1.29 is 34.1 Å². The molecule has 0 aliphatic rings. The number of hydrogen-bond acceptors (Lipinski definition) is 6. The first kappa shape index (κ1) is 13.4. The van der Waals surface area contributed by atoms with Crippen LogP contribution in [0.25, 0.3) is 0 Å². The van der Waals surface area contributed by atoms with Crippen molar-refractivity contribution in [2.75, 3.05) is 6.61 Å². The monoisotopic (exact) mass is 220 g/mol. The number of aliphatic hydroxyl groups excluding tert-OH is 1. The van der Waals surface area contributed by atoms with Gasteiger partial charge in [0.25, 0.3) is 0 Å². The van der Waals surface area contributed by atoms with E-state index in [1.807, 2.05) is 0 Å². The Labute approximate surface area is 85.6 Å². The number of carboxylic acid groups (broad SMARTS) is 1. The van der Waals surface area contributed by atoms with Crippen LogP contribution in [0.3, 0.4) is 0 Å². The molecule has 0 saturated heterocycles. The summed E-state index contributed by atoms with van der Waals surface area (Å²) in [6, 6.07) is 0. The van der Waals surface area contributed by atoms with Crippen LogP contribution < -0.4 is 0 Å². The Kier molecular flexibility index (Phi) is 5.32. The summed E-state index contributed by atoms with van der Waals surface area (Å²) in [6.45, 7) is 1.59. The van der Waals surface area contributed by atoms with Crippen molar-refractivity contribution in [1.29, 1.82) is 0 Å². The summed E-state index contributed by atoms with van der Waals surface area (Å²) in [5, 5.41) is 16.9. The van der Waals surface area contributed by atoms with Gasteiger partial charge in [-0.05, 0) is 13.8 Å². The van der Waals surface area contributed by atoms with Gasteiger partial charge in [-0.1, -0.05) is 0 Å². The zero-order chi connectivity index (χ0) is 12.0. The Morgan fingerprint density at radius 1 is 1.20 bits per heavy atom. The molecule has 0 rings (SSSR count). The molecule has 2 atom stereocenters. The molecule has 0 spiro atoms. The van der Waals surface area contributed by atoms with Crippen LogP contribution in [-0.2, 0) is 23.9 Å². The number of carbonyl (C=O) groups excluding carboxylic acids is 2. The molecule has 0 radical (unpaired) electrons. The quantitative estimate of drug-likeness (QED) is 0.567. The van der Waals surface area contributed by atoms with E-state index in [1.165, 1.54) is 13.8 Å². The Bertz CT molecular complexity index is 258. The average molecular weight is 220 g/mol. The largest absolute Gasteiger partial charge is 0.479 e. The first-order chi connectivity index (χ1) is 6.84. The predicted octanol–water partition coefficient (Wildman–Crippen LogP) is -1.07. The van der Waals surface area contributed by atoms with Crippen molar-refractivity contribution in [3.8, 4) is 0 Å². The normalized spacial score (nSPS) is 13.8. The van der Waals surface area contributed by atoms with Gasteiger partial charge in [-0.15, -0.1) is 0 Å². The smallest absolute Gasteiger partial charge is 0.347 e. The Hall–Kier alpha value is -1.63. The van der Waals surface area contributed by atoms with E-state index < -0.39 is 36.7 Å². The van der Waals surface area contributed by atoms with Crippen LogP contribution in [0.4, 0.5) is 0 Å². The van der Waals surface area contributed by atoms with Crippen molar-refractivity contribution in [1.82, 2.24) is 0 Å². The molecule has 0 aromatic heterocycles. The van der Waals surface area contributed by atoms with E-state index >= 15 is 0 Å². The van der Waals surface area contributed by atoms with Gasteiger partial charge in [0.2, 0.25) is 0 Å². The third-order valence-electron chi connectivity index (χ3n) is 1.30. The lowest BCUT2D eigenvalue weighted by Crippen LogP contribution is -2.31. The minimum Gasteiger partial charge on any atom is -0.479 e. The molecule has 0 aromatic rings. The van der Waals surface area contributed by atoms with Gasteiger partial charge in [-0.25, -0.2) is 14.4 Å². The van der Waals surface area contributed by atoms with Gasteiger partial charge >= 0.3 is 17.9 Å². The Morgan fingerprint density at radius 2 is 1.73 bits per heavy atom. The van der Waals surface area contributed by atoms with E-state index in [1.54, 1.807) is 0 Å². The number of esters is 2. The van der Waals surface area contributed by atoms with Crippen molar-refractivity contribution in [3.63, 3.8) is 0 Å². The van der Waals surface area contributed by atoms with Gasteiger partial charge in [0.1, 0.15) is 6.10 Å². The fourth-order valence-electron chi connectivity index (χ4n) is 0.571. The van der Waals surface area contributed by atoms with Gasteiger partial charge in [-0.2, -0.15) is 0 Å². The number of hydrogen-bond donors (Lipinski definition) is 2. The van der Waals surface area contributed by atoms with Gasteiger partial charge < -0.3 is 19.7 Å². The van der Waals surface area contributed by atoms with Crippen LogP contribution in [0.1, 0.15) is 13.8 Å². The van der Waals surface area contributed by atoms with E-state index in [-0.39, 0.29) is 0 Å². The van der Waals surface area contributed by atoms with E-state index in [0.717, 1.165) is 0 Å². The molecule has 0 saturated carbocycles. The van der Waals surface area contributed by atoms with Crippen LogP contribution in [0, 0.1) is 0 Å². The summed E-state index contributed by atoms with van der Waals surface area (Å²) in [7, 11) is 0. The molecule has 0 aromatic carbocycles.